The zero-order chi connectivity index (χ0) is 19.8. The van der Waals surface area contributed by atoms with Crippen LogP contribution in [0.15, 0.2) is 60.7 Å². The van der Waals surface area contributed by atoms with Crippen molar-refractivity contribution in [2.75, 3.05) is 31.4 Å². The summed E-state index contributed by atoms with van der Waals surface area (Å²) >= 11 is 0. The summed E-state index contributed by atoms with van der Waals surface area (Å²) in [6.45, 7) is 0.721. The first kappa shape index (κ1) is 19.2. The van der Waals surface area contributed by atoms with E-state index in [1.807, 2.05) is 24.3 Å². The van der Waals surface area contributed by atoms with Crippen LogP contribution in [0.3, 0.4) is 0 Å². The lowest BCUT2D eigenvalue weighted by Gasteiger charge is -2.08. The molecule has 0 aliphatic carbocycles. The van der Waals surface area contributed by atoms with Gasteiger partial charge in [0.25, 0.3) is 5.91 Å². The van der Waals surface area contributed by atoms with Gasteiger partial charge in [0.2, 0.25) is 0 Å². The van der Waals surface area contributed by atoms with E-state index in [0.717, 1.165) is 18.7 Å². The highest BCUT2D eigenvalue weighted by Crippen LogP contribution is 2.14. The summed E-state index contributed by atoms with van der Waals surface area (Å²) in [7, 11) is 3.23. The maximum Gasteiger partial charge on any atom is 0.256 e. The van der Waals surface area contributed by atoms with Gasteiger partial charge in [-0.2, -0.15) is 0 Å². The number of hydrogen-bond donors (Lipinski definition) is 2. The average Bonchev–Trinajstić information content (AvgIpc) is 2.75. The van der Waals surface area contributed by atoms with Gasteiger partial charge in [0.1, 0.15) is 17.3 Å². The molecule has 0 saturated carbocycles. The van der Waals surface area contributed by atoms with Crippen molar-refractivity contribution in [1.29, 1.82) is 0 Å². The van der Waals surface area contributed by atoms with E-state index >= 15 is 0 Å². The fourth-order valence-electron chi connectivity index (χ4n) is 2.55. The molecule has 0 fully saturated rings. The highest BCUT2D eigenvalue weighted by atomic mass is 16.5. The van der Waals surface area contributed by atoms with Gasteiger partial charge in [-0.15, -0.1) is 10.2 Å². The summed E-state index contributed by atoms with van der Waals surface area (Å²) in [6, 6.07) is 18.3. The third-order valence-corrected chi connectivity index (χ3v) is 4.14. The fourth-order valence-corrected chi connectivity index (χ4v) is 2.55. The number of carbonyl (C=O) groups excluding carboxylic acids is 1. The summed E-state index contributed by atoms with van der Waals surface area (Å²) in [5.74, 6) is 2.32. The number of nitrogens with one attached hydrogen (secondary N) is 2. The highest BCUT2D eigenvalue weighted by molar-refractivity contribution is 6.03. The molecule has 0 spiro atoms. The van der Waals surface area contributed by atoms with Crippen LogP contribution in [0.1, 0.15) is 15.9 Å². The van der Waals surface area contributed by atoms with Crippen LogP contribution in [0, 0.1) is 0 Å². The number of ether oxygens (including phenoxy) is 2. The highest BCUT2D eigenvalue weighted by Gasteiger charge is 2.07. The molecule has 0 aliphatic rings. The Balaban J connectivity index is 1.49. The lowest BCUT2D eigenvalue weighted by molar-refractivity contribution is 0.102. The van der Waals surface area contributed by atoms with E-state index in [2.05, 4.69) is 20.8 Å². The molecule has 0 bridgehead atoms. The monoisotopic (exact) mass is 378 g/mol. The standard InChI is InChI=1S/C21H22N4O3/c1-27-17-7-3-15(4-8-17)13-14-22-19-11-12-20(25-24-19)23-21(26)16-5-9-18(28-2)10-6-16/h3-12H,13-14H2,1-2H3,(H,22,24)(H,23,25,26). The van der Waals surface area contributed by atoms with Crippen molar-refractivity contribution >= 4 is 17.5 Å². The molecule has 3 rings (SSSR count). The Morgan fingerprint density at radius 3 is 1.96 bits per heavy atom. The Kier molecular flexibility index (Phi) is 6.41. The minimum Gasteiger partial charge on any atom is -0.497 e. The van der Waals surface area contributed by atoms with Crippen molar-refractivity contribution < 1.29 is 14.3 Å². The molecule has 2 aromatic carbocycles. The molecule has 3 aromatic rings. The van der Waals surface area contributed by atoms with Gasteiger partial charge in [0.05, 0.1) is 14.2 Å². The molecule has 28 heavy (non-hydrogen) atoms. The molecular weight excluding hydrogens is 356 g/mol. The number of aromatic nitrogens is 2. The van der Waals surface area contributed by atoms with Crippen molar-refractivity contribution in [1.82, 2.24) is 10.2 Å². The van der Waals surface area contributed by atoms with Gasteiger partial charge in [-0.3, -0.25) is 4.79 Å². The largest absolute Gasteiger partial charge is 0.497 e. The maximum absolute atomic E-state index is 12.2. The second-order valence-corrected chi connectivity index (χ2v) is 6.01. The predicted octanol–water partition coefficient (Wildman–Crippen LogP) is 3.40. The number of carbonyl (C=O) groups is 1. The smallest absolute Gasteiger partial charge is 0.256 e. The number of anilines is 2. The van der Waals surface area contributed by atoms with E-state index in [1.54, 1.807) is 50.6 Å². The molecule has 1 aromatic heterocycles. The number of benzene rings is 2. The molecule has 144 valence electrons. The number of nitrogens with zero attached hydrogens (tertiary/aromatic N) is 2. The van der Waals surface area contributed by atoms with Gasteiger partial charge < -0.3 is 20.1 Å². The average molecular weight is 378 g/mol. The number of hydrogen-bond acceptors (Lipinski definition) is 6. The van der Waals surface area contributed by atoms with Gasteiger partial charge in [-0.25, -0.2) is 0 Å². The normalized spacial score (nSPS) is 10.2. The minimum absolute atomic E-state index is 0.253. The summed E-state index contributed by atoms with van der Waals surface area (Å²) in [5.41, 5.74) is 1.72. The van der Waals surface area contributed by atoms with E-state index in [4.69, 9.17) is 9.47 Å². The molecule has 1 heterocycles. The van der Waals surface area contributed by atoms with E-state index < -0.39 is 0 Å². The zero-order valence-electron chi connectivity index (χ0n) is 15.8. The Bertz CT molecular complexity index is 894. The maximum atomic E-state index is 12.2. The minimum atomic E-state index is -0.253. The van der Waals surface area contributed by atoms with Crippen LogP contribution in [0.25, 0.3) is 0 Å². The molecule has 2 N–H and O–H groups in total. The summed E-state index contributed by atoms with van der Waals surface area (Å²) in [6.07, 6.45) is 0.849. The van der Waals surface area contributed by atoms with Crippen molar-refractivity contribution in [3.63, 3.8) is 0 Å². The van der Waals surface area contributed by atoms with Crippen molar-refractivity contribution in [3.05, 3.63) is 71.8 Å². The number of methoxy groups -OCH3 is 2. The van der Waals surface area contributed by atoms with Crippen LogP contribution >= 0.6 is 0 Å². The molecule has 0 unspecified atom stereocenters. The lowest BCUT2D eigenvalue weighted by atomic mass is 10.1. The number of amides is 1. The summed E-state index contributed by atoms with van der Waals surface area (Å²) in [4.78, 5) is 12.2. The van der Waals surface area contributed by atoms with E-state index in [9.17, 15) is 4.79 Å². The van der Waals surface area contributed by atoms with Gasteiger partial charge >= 0.3 is 0 Å². The predicted molar refractivity (Wildman–Crippen MR) is 108 cm³/mol. The molecule has 0 atom stereocenters. The molecular formula is C21H22N4O3. The van der Waals surface area contributed by atoms with Crippen molar-refractivity contribution in [2.45, 2.75) is 6.42 Å². The quantitative estimate of drug-likeness (QED) is 0.625. The van der Waals surface area contributed by atoms with Gasteiger partial charge in [-0.1, -0.05) is 12.1 Å². The zero-order valence-corrected chi connectivity index (χ0v) is 15.8. The summed E-state index contributed by atoms with van der Waals surface area (Å²) in [5, 5.41) is 14.1. The second kappa shape index (κ2) is 9.36. The van der Waals surface area contributed by atoms with Crippen LogP contribution in [-0.2, 0) is 6.42 Å². The molecule has 0 aliphatic heterocycles. The van der Waals surface area contributed by atoms with Crippen molar-refractivity contribution in [3.8, 4) is 11.5 Å². The number of rotatable bonds is 8. The van der Waals surface area contributed by atoms with Gasteiger partial charge in [0.15, 0.2) is 5.82 Å². The Labute approximate surface area is 163 Å². The molecule has 0 saturated heterocycles. The topological polar surface area (TPSA) is 85.4 Å². The lowest BCUT2D eigenvalue weighted by Crippen LogP contribution is -2.14. The Morgan fingerprint density at radius 1 is 0.821 bits per heavy atom. The van der Waals surface area contributed by atoms with Crippen LogP contribution < -0.4 is 20.1 Å². The molecule has 1 amide bonds. The van der Waals surface area contributed by atoms with Crippen molar-refractivity contribution in [2.24, 2.45) is 0 Å². The first-order valence-corrected chi connectivity index (χ1v) is 8.84. The van der Waals surface area contributed by atoms with Crippen LogP contribution in [0.2, 0.25) is 0 Å². The summed E-state index contributed by atoms with van der Waals surface area (Å²) < 4.78 is 10.2. The van der Waals surface area contributed by atoms with E-state index in [0.29, 0.717) is 22.9 Å². The fraction of sp³-hybridized carbons (Fsp3) is 0.190. The first-order chi connectivity index (χ1) is 13.7. The third kappa shape index (κ3) is 5.20. The SMILES string of the molecule is COc1ccc(CCNc2ccc(NC(=O)c3ccc(OC)cc3)nn2)cc1. The van der Waals surface area contributed by atoms with Crippen LogP contribution in [0.5, 0.6) is 11.5 Å². The Morgan fingerprint density at radius 2 is 1.39 bits per heavy atom. The second-order valence-electron chi connectivity index (χ2n) is 6.01. The molecule has 7 nitrogen and oxygen atoms in total. The van der Waals surface area contributed by atoms with E-state index in [-0.39, 0.29) is 5.91 Å². The van der Waals surface area contributed by atoms with Crippen LogP contribution in [-0.4, -0.2) is 36.9 Å². The van der Waals surface area contributed by atoms with E-state index in [1.165, 1.54) is 5.56 Å². The molecule has 7 heteroatoms. The third-order valence-electron chi connectivity index (χ3n) is 4.14. The Hall–Kier alpha value is -3.61. The first-order valence-electron chi connectivity index (χ1n) is 8.84. The van der Waals surface area contributed by atoms with Crippen LogP contribution in [0.4, 0.5) is 11.6 Å². The molecule has 0 radical (unpaired) electrons. The van der Waals surface area contributed by atoms with Gasteiger partial charge in [0, 0.05) is 12.1 Å². The van der Waals surface area contributed by atoms with Gasteiger partial charge in [-0.05, 0) is 60.5 Å².